The Kier molecular flexibility index (Phi) is 5.68. The van der Waals surface area contributed by atoms with E-state index in [9.17, 15) is 0 Å². The van der Waals surface area contributed by atoms with Crippen molar-refractivity contribution in [1.82, 2.24) is 0 Å². The maximum absolute atomic E-state index is 6.22. The molecule has 2 unspecified atom stereocenters. The van der Waals surface area contributed by atoms with Gasteiger partial charge in [-0.25, -0.2) is 0 Å². The third-order valence-corrected chi connectivity index (χ3v) is 4.26. The van der Waals surface area contributed by atoms with Crippen LogP contribution in [0.1, 0.15) is 50.7 Å². The number of ether oxygens (including phenoxy) is 1. The predicted molar refractivity (Wildman–Crippen MR) is 80.4 cm³/mol. The van der Waals surface area contributed by atoms with Crippen molar-refractivity contribution in [1.29, 1.82) is 0 Å². The lowest BCUT2D eigenvalue weighted by molar-refractivity contribution is 0.0127. The summed E-state index contributed by atoms with van der Waals surface area (Å²) in [6.45, 7) is 2.92. The van der Waals surface area contributed by atoms with Crippen LogP contribution < -0.4 is 5.73 Å². The van der Waals surface area contributed by atoms with Crippen LogP contribution in [0.3, 0.4) is 0 Å². The summed E-state index contributed by atoms with van der Waals surface area (Å²) in [4.78, 5) is 0. The number of rotatable bonds is 6. The van der Waals surface area contributed by atoms with Crippen molar-refractivity contribution in [3.63, 3.8) is 0 Å². The monoisotopic (exact) mass is 281 g/mol. The van der Waals surface area contributed by atoms with Gasteiger partial charge in [-0.3, -0.25) is 0 Å². The van der Waals surface area contributed by atoms with Crippen molar-refractivity contribution in [2.24, 2.45) is 11.7 Å². The summed E-state index contributed by atoms with van der Waals surface area (Å²) in [6, 6.07) is 7.90. The Hall–Kier alpha value is -0.570. The molecule has 2 N–H and O–H groups in total. The summed E-state index contributed by atoms with van der Waals surface area (Å²) in [5.41, 5.74) is 7.31. The van der Waals surface area contributed by atoms with Crippen molar-refractivity contribution in [2.45, 2.75) is 51.2 Å². The van der Waals surface area contributed by atoms with Crippen LogP contribution in [0.15, 0.2) is 24.3 Å². The molecule has 0 spiro atoms. The SMILES string of the molecule is CCC(N)C(OCC1CCCC1)c1cccc(Cl)c1. The Morgan fingerprint density at radius 2 is 2.11 bits per heavy atom. The molecule has 0 radical (unpaired) electrons. The van der Waals surface area contributed by atoms with Gasteiger partial charge in [-0.2, -0.15) is 0 Å². The molecule has 2 nitrogen and oxygen atoms in total. The highest BCUT2D eigenvalue weighted by molar-refractivity contribution is 6.30. The van der Waals surface area contributed by atoms with Crippen molar-refractivity contribution in [3.05, 3.63) is 34.9 Å². The normalized spacial score (nSPS) is 19.5. The molecule has 19 heavy (non-hydrogen) atoms. The summed E-state index contributed by atoms with van der Waals surface area (Å²) in [5.74, 6) is 0.714. The molecular weight excluding hydrogens is 258 g/mol. The summed E-state index contributed by atoms with van der Waals surface area (Å²) < 4.78 is 6.14. The summed E-state index contributed by atoms with van der Waals surface area (Å²) in [6.07, 6.45) is 6.14. The average molecular weight is 282 g/mol. The number of hydrogen-bond acceptors (Lipinski definition) is 2. The molecule has 0 saturated heterocycles. The Morgan fingerprint density at radius 3 is 2.74 bits per heavy atom. The molecular formula is C16H24ClNO. The van der Waals surface area contributed by atoms with Gasteiger partial charge in [-0.05, 0) is 42.9 Å². The first-order chi connectivity index (χ1) is 9.20. The van der Waals surface area contributed by atoms with Crippen molar-refractivity contribution in [3.8, 4) is 0 Å². The predicted octanol–water partition coefficient (Wildman–Crippen LogP) is 4.33. The van der Waals surface area contributed by atoms with Crippen LogP contribution in [0.25, 0.3) is 0 Å². The van der Waals surface area contributed by atoms with Crippen LogP contribution in [0.5, 0.6) is 0 Å². The molecule has 0 aliphatic heterocycles. The van der Waals surface area contributed by atoms with Gasteiger partial charge in [0.2, 0.25) is 0 Å². The molecule has 3 heteroatoms. The number of hydrogen-bond donors (Lipinski definition) is 1. The first kappa shape index (κ1) is 14.8. The van der Waals surface area contributed by atoms with Crippen LogP contribution in [-0.2, 0) is 4.74 Å². The second-order valence-electron chi connectivity index (χ2n) is 5.53. The second-order valence-corrected chi connectivity index (χ2v) is 5.97. The minimum absolute atomic E-state index is 0.0277. The molecule has 106 valence electrons. The van der Waals surface area contributed by atoms with E-state index in [0.29, 0.717) is 5.92 Å². The summed E-state index contributed by atoms with van der Waals surface area (Å²) in [7, 11) is 0. The van der Waals surface area contributed by atoms with E-state index in [1.165, 1.54) is 25.7 Å². The van der Waals surface area contributed by atoms with E-state index in [1.54, 1.807) is 0 Å². The third-order valence-electron chi connectivity index (χ3n) is 4.02. The lowest BCUT2D eigenvalue weighted by atomic mass is 10.0. The minimum Gasteiger partial charge on any atom is -0.372 e. The highest BCUT2D eigenvalue weighted by Crippen LogP contribution is 2.29. The lowest BCUT2D eigenvalue weighted by Crippen LogP contribution is -2.30. The van der Waals surface area contributed by atoms with Crippen LogP contribution in [0, 0.1) is 5.92 Å². The molecule has 0 bridgehead atoms. The Morgan fingerprint density at radius 1 is 1.37 bits per heavy atom. The smallest absolute Gasteiger partial charge is 0.0976 e. The van der Waals surface area contributed by atoms with Gasteiger partial charge in [-0.15, -0.1) is 0 Å². The molecule has 0 amide bonds. The largest absolute Gasteiger partial charge is 0.372 e. The fourth-order valence-corrected chi connectivity index (χ4v) is 2.98. The van der Waals surface area contributed by atoms with E-state index in [1.807, 2.05) is 18.2 Å². The molecule has 1 aromatic carbocycles. The summed E-state index contributed by atoms with van der Waals surface area (Å²) >= 11 is 6.07. The van der Waals surface area contributed by atoms with E-state index >= 15 is 0 Å². The third kappa shape index (κ3) is 4.20. The zero-order valence-corrected chi connectivity index (χ0v) is 12.4. The average Bonchev–Trinajstić information content (AvgIpc) is 2.92. The molecule has 2 atom stereocenters. The minimum atomic E-state index is -0.0377. The van der Waals surface area contributed by atoms with Gasteiger partial charge in [0.05, 0.1) is 12.7 Å². The van der Waals surface area contributed by atoms with E-state index in [-0.39, 0.29) is 12.1 Å². The molecule has 1 aliphatic rings. The van der Waals surface area contributed by atoms with E-state index in [2.05, 4.69) is 13.0 Å². The van der Waals surface area contributed by atoms with Gasteiger partial charge in [0.25, 0.3) is 0 Å². The summed E-state index contributed by atoms with van der Waals surface area (Å²) in [5, 5.41) is 0.746. The molecule has 1 saturated carbocycles. The van der Waals surface area contributed by atoms with Crippen LogP contribution >= 0.6 is 11.6 Å². The number of halogens is 1. The fraction of sp³-hybridized carbons (Fsp3) is 0.625. The molecule has 1 aliphatic carbocycles. The molecule has 1 fully saturated rings. The Balaban J connectivity index is 2.02. The molecule has 2 rings (SSSR count). The molecule has 1 aromatic rings. The van der Waals surface area contributed by atoms with Crippen molar-refractivity contribution >= 4 is 11.6 Å². The highest BCUT2D eigenvalue weighted by atomic mass is 35.5. The topological polar surface area (TPSA) is 35.2 Å². The van der Waals surface area contributed by atoms with Gasteiger partial charge in [0.15, 0.2) is 0 Å². The van der Waals surface area contributed by atoms with Crippen LogP contribution in [0.2, 0.25) is 5.02 Å². The maximum atomic E-state index is 6.22. The van der Waals surface area contributed by atoms with E-state index in [0.717, 1.165) is 23.6 Å². The van der Waals surface area contributed by atoms with Gasteiger partial charge < -0.3 is 10.5 Å². The Bertz CT molecular complexity index is 390. The van der Waals surface area contributed by atoms with Crippen molar-refractivity contribution in [2.75, 3.05) is 6.61 Å². The maximum Gasteiger partial charge on any atom is 0.0976 e. The van der Waals surface area contributed by atoms with Gasteiger partial charge in [0.1, 0.15) is 0 Å². The molecule has 0 heterocycles. The number of benzene rings is 1. The van der Waals surface area contributed by atoms with Gasteiger partial charge in [-0.1, -0.05) is 43.5 Å². The van der Waals surface area contributed by atoms with E-state index < -0.39 is 0 Å². The van der Waals surface area contributed by atoms with Gasteiger partial charge in [0, 0.05) is 11.1 Å². The zero-order chi connectivity index (χ0) is 13.7. The highest BCUT2D eigenvalue weighted by Gasteiger charge is 2.22. The van der Waals surface area contributed by atoms with Crippen LogP contribution in [-0.4, -0.2) is 12.6 Å². The standard InChI is InChI=1S/C16H24ClNO/c1-2-15(18)16(13-8-5-9-14(17)10-13)19-11-12-6-3-4-7-12/h5,8-10,12,15-16H,2-4,6-7,11,18H2,1H3. The first-order valence-electron chi connectivity index (χ1n) is 7.33. The second kappa shape index (κ2) is 7.28. The van der Waals surface area contributed by atoms with E-state index in [4.69, 9.17) is 22.1 Å². The molecule has 0 aromatic heterocycles. The zero-order valence-electron chi connectivity index (χ0n) is 11.6. The number of nitrogens with two attached hydrogens (primary N) is 1. The van der Waals surface area contributed by atoms with Crippen molar-refractivity contribution < 1.29 is 4.74 Å². The first-order valence-corrected chi connectivity index (χ1v) is 7.71. The van der Waals surface area contributed by atoms with Gasteiger partial charge >= 0.3 is 0 Å². The quantitative estimate of drug-likeness (QED) is 0.842. The Labute approximate surface area is 121 Å². The lowest BCUT2D eigenvalue weighted by Gasteiger charge is -2.25. The fourth-order valence-electron chi connectivity index (χ4n) is 2.78. The van der Waals surface area contributed by atoms with Crippen LogP contribution in [0.4, 0.5) is 0 Å².